The zero-order valence-electron chi connectivity index (χ0n) is 12.3. The number of nitrogens with two attached hydrogens (primary N) is 1. The Labute approximate surface area is 120 Å². The lowest BCUT2D eigenvalue weighted by Gasteiger charge is -2.29. The Morgan fingerprint density at radius 2 is 2.25 bits per heavy atom. The second-order valence-corrected chi connectivity index (χ2v) is 5.33. The van der Waals surface area contributed by atoms with Crippen molar-refractivity contribution in [3.63, 3.8) is 0 Å². The van der Waals surface area contributed by atoms with Crippen LogP contribution in [0.1, 0.15) is 36.5 Å². The van der Waals surface area contributed by atoms with Crippen LogP contribution in [-0.4, -0.2) is 54.5 Å². The number of furan rings is 1. The van der Waals surface area contributed by atoms with Crippen molar-refractivity contribution in [2.24, 2.45) is 5.73 Å². The fourth-order valence-electron chi connectivity index (χ4n) is 2.91. The highest BCUT2D eigenvalue weighted by molar-refractivity contribution is 5.93. The minimum atomic E-state index is 0.0764. The van der Waals surface area contributed by atoms with Gasteiger partial charge < -0.3 is 15.1 Å². The number of carbonyl (C=O) groups is 1. The Morgan fingerprint density at radius 3 is 2.90 bits per heavy atom. The van der Waals surface area contributed by atoms with Gasteiger partial charge in [0.25, 0.3) is 5.91 Å². The van der Waals surface area contributed by atoms with Gasteiger partial charge in [0.2, 0.25) is 0 Å². The third-order valence-corrected chi connectivity index (χ3v) is 4.07. The van der Waals surface area contributed by atoms with E-state index in [9.17, 15) is 4.79 Å². The van der Waals surface area contributed by atoms with Gasteiger partial charge in [-0.2, -0.15) is 0 Å². The van der Waals surface area contributed by atoms with Crippen LogP contribution in [0.5, 0.6) is 0 Å². The first-order valence-corrected chi connectivity index (χ1v) is 7.51. The third kappa shape index (κ3) is 3.61. The number of hydrogen-bond donors (Lipinski definition) is 1. The summed E-state index contributed by atoms with van der Waals surface area (Å²) in [5.41, 5.74) is 6.33. The lowest BCUT2D eigenvalue weighted by molar-refractivity contribution is 0.0756. The summed E-state index contributed by atoms with van der Waals surface area (Å²) in [6.07, 6.45) is 6.24. The maximum absolute atomic E-state index is 12.3. The molecule has 0 saturated carbocycles. The number of hydrogen-bond acceptors (Lipinski definition) is 4. The zero-order chi connectivity index (χ0) is 14.4. The summed E-state index contributed by atoms with van der Waals surface area (Å²) in [6, 6.07) is 2.28. The lowest BCUT2D eigenvalue weighted by atomic mass is 10.1. The monoisotopic (exact) mass is 279 g/mol. The normalized spacial score (nSPS) is 18.8. The van der Waals surface area contributed by atoms with Crippen LogP contribution in [0.3, 0.4) is 0 Å². The van der Waals surface area contributed by atoms with Crippen LogP contribution >= 0.6 is 0 Å². The molecule has 1 aliphatic heterocycles. The van der Waals surface area contributed by atoms with Gasteiger partial charge in [0.05, 0.1) is 11.8 Å². The van der Waals surface area contributed by atoms with Crippen LogP contribution in [0.4, 0.5) is 0 Å². The van der Waals surface area contributed by atoms with E-state index in [1.165, 1.54) is 6.26 Å². The Kier molecular flexibility index (Phi) is 5.61. The summed E-state index contributed by atoms with van der Waals surface area (Å²) in [4.78, 5) is 16.7. The van der Waals surface area contributed by atoms with E-state index < -0.39 is 0 Å². The molecule has 2 N–H and O–H groups in total. The van der Waals surface area contributed by atoms with Gasteiger partial charge in [-0.3, -0.25) is 9.69 Å². The van der Waals surface area contributed by atoms with E-state index in [0.29, 0.717) is 11.6 Å². The van der Waals surface area contributed by atoms with Crippen LogP contribution in [0.25, 0.3) is 0 Å². The molecule has 0 aromatic carbocycles. The molecule has 1 amide bonds. The van der Waals surface area contributed by atoms with E-state index in [1.54, 1.807) is 12.3 Å². The van der Waals surface area contributed by atoms with Gasteiger partial charge in [-0.1, -0.05) is 6.92 Å². The highest BCUT2D eigenvalue weighted by atomic mass is 16.3. The summed E-state index contributed by atoms with van der Waals surface area (Å²) >= 11 is 0. The second kappa shape index (κ2) is 7.45. The third-order valence-electron chi connectivity index (χ3n) is 4.07. The van der Waals surface area contributed by atoms with Gasteiger partial charge in [-0.25, -0.2) is 0 Å². The number of amides is 1. The van der Waals surface area contributed by atoms with E-state index >= 15 is 0 Å². The topological polar surface area (TPSA) is 62.7 Å². The van der Waals surface area contributed by atoms with Crippen molar-refractivity contribution in [3.8, 4) is 0 Å². The molecule has 1 aromatic heterocycles. The molecule has 2 rings (SSSR count). The largest absolute Gasteiger partial charge is 0.472 e. The lowest BCUT2D eigenvalue weighted by Crippen LogP contribution is -2.40. The minimum Gasteiger partial charge on any atom is -0.472 e. The molecule has 1 fully saturated rings. The van der Waals surface area contributed by atoms with Crippen molar-refractivity contribution in [1.82, 2.24) is 9.80 Å². The molecule has 0 bridgehead atoms. The first-order valence-electron chi connectivity index (χ1n) is 7.51. The van der Waals surface area contributed by atoms with Crippen molar-refractivity contribution < 1.29 is 9.21 Å². The molecule has 5 heteroatoms. The van der Waals surface area contributed by atoms with E-state index in [4.69, 9.17) is 10.2 Å². The zero-order valence-corrected chi connectivity index (χ0v) is 12.3. The van der Waals surface area contributed by atoms with Crippen LogP contribution < -0.4 is 5.73 Å². The van der Waals surface area contributed by atoms with Crippen LogP contribution in [0, 0.1) is 0 Å². The van der Waals surface area contributed by atoms with Gasteiger partial charge in [0, 0.05) is 32.2 Å². The fourth-order valence-corrected chi connectivity index (χ4v) is 2.91. The van der Waals surface area contributed by atoms with E-state index in [1.807, 2.05) is 4.90 Å². The number of carbonyl (C=O) groups excluding carboxylic acids is 1. The van der Waals surface area contributed by atoms with Gasteiger partial charge >= 0.3 is 0 Å². The average molecular weight is 279 g/mol. The standard InChI is InChI=1S/C15H25N3O2/c1-2-14(4-6-16)17-7-3-8-18(10-9-17)15(19)13-5-11-20-12-13/h5,11-12,14H,2-4,6-10,16H2,1H3. The van der Waals surface area contributed by atoms with E-state index in [2.05, 4.69) is 11.8 Å². The first kappa shape index (κ1) is 15.1. The summed E-state index contributed by atoms with van der Waals surface area (Å²) < 4.78 is 4.99. The fraction of sp³-hybridized carbons (Fsp3) is 0.667. The molecule has 20 heavy (non-hydrogen) atoms. The Bertz CT molecular complexity index is 405. The summed E-state index contributed by atoms with van der Waals surface area (Å²) in [5, 5.41) is 0. The average Bonchev–Trinajstić information content (AvgIpc) is 2.89. The maximum atomic E-state index is 12.3. The Balaban J connectivity index is 1.93. The van der Waals surface area contributed by atoms with Crippen molar-refractivity contribution >= 4 is 5.91 Å². The second-order valence-electron chi connectivity index (χ2n) is 5.33. The predicted molar refractivity (Wildman–Crippen MR) is 78.6 cm³/mol. The Hall–Kier alpha value is -1.33. The smallest absolute Gasteiger partial charge is 0.257 e. The molecule has 1 aliphatic rings. The van der Waals surface area contributed by atoms with E-state index in [0.717, 1.165) is 52.0 Å². The van der Waals surface area contributed by atoms with Crippen molar-refractivity contribution in [2.75, 3.05) is 32.7 Å². The van der Waals surface area contributed by atoms with Crippen LogP contribution in [-0.2, 0) is 0 Å². The van der Waals surface area contributed by atoms with Crippen LogP contribution in [0.2, 0.25) is 0 Å². The van der Waals surface area contributed by atoms with Gasteiger partial charge in [0.1, 0.15) is 6.26 Å². The number of rotatable bonds is 5. The maximum Gasteiger partial charge on any atom is 0.257 e. The highest BCUT2D eigenvalue weighted by Gasteiger charge is 2.23. The predicted octanol–water partition coefficient (Wildman–Crippen LogP) is 1.55. The highest BCUT2D eigenvalue weighted by Crippen LogP contribution is 2.14. The van der Waals surface area contributed by atoms with Crippen LogP contribution in [0.15, 0.2) is 23.0 Å². The van der Waals surface area contributed by atoms with Crippen molar-refractivity contribution in [1.29, 1.82) is 0 Å². The first-order chi connectivity index (χ1) is 9.76. The molecule has 0 radical (unpaired) electrons. The molecular formula is C15H25N3O2. The van der Waals surface area contributed by atoms with E-state index in [-0.39, 0.29) is 5.91 Å². The summed E-state index contributed by atoms with van der Waals surface area (Å²) in [7, 11) is 0. The molecule has 1 atom stereocenters. The summed E-state index contributed by atoms with van der Waals surface area (Å²) in [5.74, 6) is 0.0764. The molecule has 1 saturated heterocycles. The van der Waals surface area contributed by atoms with Gasteiger partial charge in [0.15, 0.2) is 0 Å². The molecular weight excluding hydrogens is 254 g/mol. The SMILES string of the molecule is CCC(CCN)N1CCCN(C(=O)c2ccoc2)CC1. The Morgan fingerprint density at radius 1 is 1.40 bits per heavy atom. The molecule has 5 nitrogen and oxygen atoms in total. The molecule has 0 aliphatic carbocycles. The molecule has 1 unspecified atom stereocenters. The van der Waals surface area contributed by atoms with Gasteiger partial charge in [-0.15, -0.1) is 0 Å². The molecule has 2 heterocycles. The molecule has 1 aromatic rings. The van der Waals surface area contributed by atoms with Crippen molar-refractivity contribution in [3.05, 3.63) is 24.2 Å². The van der Waals surface area contributed by atoms with Crippen molar-refractivity contribution in [2.45, 2.75) is 32.2 Å². The molecule has 0 spiro atoms. The molecule has 112 valence electrons. The number of nitrogens with zero attached hydrogens (tertiary/aromatic N) is 2. The summed E-state index contributed by atoms with van der Waals surface area (Å²) in [6.45, 7) is 6.52. The van der Waals surface area contributed by atoms with Gasteiger partial charge in [-0.05, 0) is 31.9 Å². The minimum absolute atomic E-state index is 0.0764. The quantitative estimate of drug-likeness (QED) is 0.888.